The van der Waals surface area contributed by atoms with Crippen molar-refractivity contribution in [1.29, 1.82) is 0 Å². The third-order valence-electron chi connectivity index (χ3n) is 0. The number of hydrogen-bond acceptors (Lipinski definition) is 2. The molecule has 0 fully saturated rings. The topological polar surface area (TPSA) is 115 Å². The second-order valence-corrected chi connectivity index (χ2v) is 1.70. The molecular formula is H4FeO6Si2. The molecule has 0 saturated heterocycles. The van der Waals surface area contributed by atoms with Crippen molar-refractivity contribution in [2.45, 2.75) is 0 Å². The summed E-state index contributed by atoms with van der Waals surface area (Å²) >= 11 is 0. The third kappa shape index (κ3) is 4210. The molecule has 4 N–H and O–H groups in total. The van der Waals surface area contributed by atoms with Crippen LogP contribution in [-0.2, 0) is 26.0 Å². The van der Waals surface area contributed by atoms with Crippen LogP contribution in [0.1, 0.15) is 0 Å². The Morgan fingerprint density at radius 3 is 0.778 bits per heavy atom. The summed E-state index contributed by atoms with van der Waals surface area (Å²) in [6.45, 7) is 0. The first-order valence-corrected chi connectivity index (χ1v) is 3.91. The smallest absolute Gasteiger partial charge is 0.511 e. The van der Waals surface area contributed by atoms with E-state index in [1.165, 1.54) is 0 Å². The summed E-state index contributed by atoms with van der Waals surface area (Å²) < 4.78 is 17.5. The normalized spacial score (nSPS) is 5.33. The van der Waals surface area contributed by atoms with Crippen molar-refractivity contribution < 1.29 is 45.2 Å². The molecule has 0 bridgehead atoms. The van der Waals surface area contributed by atoms with Crippen molar-refractivity contribution in [3.8, 4) is 0 Å². The van der Waals surface area contributed by atoms with Crippen LogP contribution < -0.4 is 0 Å². The molecule has 9 heavy (non-hydrogen) atoms. The van der Waals surface area contributed by atoms with Gasteiger partial charge < -0.3 is 19.2 Å². The van der Waals surface area contributed by atoms with Crippen LogP contribution in [0, 0.1) is 0 Å². The molecule has 0 aliphatic rings. The first kappa shape index (κ1) is 15.9. The van der Waals surface area contributed by atoms with Crippen molar-refractivity contribution in [1.82, 2.24) is 0 Å². The maximum atomic E-state index is 8.74. The third-order valence-corrected chi connectivity index (χ3v) is 0. The van der Waals surface area contributed by atoms with Crippen molar-refractivity contribution in [3.05, 3.63) is 0 Å². The van der Waals surface area contributed by atoms with E-state index in [0.29, 0.717) is 0 Å². The summed E-state index contributed by atoms with van der Waals surface area (Å²) in [5.74, 6) is 0. The van der Waals surface area contributed by atoms with Crippen molar-refractivity contribution in [2.75, 3.05) is 0 Å². The molecule has 0 aromatic heterocycles. The summed E-state index contributed by atoms with van der Waals surface area (Å²) in [4.78, 5) is 28.6. The number of hydrogen-bond donors (Lipinski definition) is 4. The molecule has 0 saturated carbocycles. The minimum Gasteiger partial charge on any atom is -0.511 e. The quantitative estimate of drug-likeness (QED) is 0.314. The van der Waals surface area contributed by atoms with E-state index in [2.05, 4.69) is 0 Å². The van der Waals surface area contributed by atoms with Gasteiger partial charge in [0.1, 0.15) is 0 Å². The van der Waals surface area contributed by atoms with E-state index in [9.17, 15) is 0 Å². The van der Waals surface area contributed by atoms with Crippen LogP contribution in [-0.4, -0.2) is 37.5 Å². The van der Waals surface area contributed by atoms with Crippen molar-refractivity contribution in [3.63, 3.8) is 0 Å². The van der Waals surface area contributed by atoms with E-state index in [1.807, 2.05) is 0 Å². The predicted molar refractivity (Wildman–Crippen MR) is 21.8 cm³/mol. The van der Waals surface area contributed by atoms with Crippen LogP contribution >= 0.6 is 0 Å². The molecule has 0 heterocycles. The maximum absolute atomic E-state index is 8.74. The predicted octanol–water partition coefficient (Wildman–Crippen LogP) is -3.23. The molecule has 0 atom stereocenters. The first-order valence-electron chi connectivity index (χ1n) is 1.30. The molecule has 0 aliphatic carbocycles. The second-order valence-electron chi connectivity index (χ2n) is 0.565. The van der Waals surface area contributed by atoms with Gasteiger partial charge in [0.05, 0.1) is 0 Å². The average molecular weight is 212 g/mol. The SMILES string of the molecule is O=[Si](O)O.O=[Si](O)O.[Fe]. The molecule has 0 radical (unpaired) electrons. The Kier molecular flexibility index (Phi) is 18.9. The zero-order chi connectivity index (χ0) is 7.15. The van der Waals surface area contributed by atoms with Crippen molar-refractivity contribution in [2.24, 2.45) is 0 Å². The maximum Gasteiger partial charge on any atom is 0.761 e. The fourth-order valence-corrected chi connectivity index (χ4v) is 0. The summed E-state index contributed by atoms with van der Waals surface area (Å²) in [7, 11) is -6.26. The van der Waals surface area contributed by atoms with E-state index < -0.39 is 18.3 Å². The van der Waals surface area contributed by atoms with E-state index in [0.717, 1.165) is 0 Å². The molecular weight excluding hydrogens is 208 g/mol. The van der Waals surface area contributed by atoms with Gasteiger partial charge in [0, 0.05) is 17.1 Å². The van der Waals surface area contributed by atoms with Gasteiger partial charge in [0.2, 0.25) is 0 Å². The second kappa shape index (κ2) is 10.7. The van der Waals surface area contributed by atoms with E-state index in [4.69, 9.17) is 28.1 Å². The van der Waals surface area contributed by atoms with Gasteiger partial charge in [-0.05, 0) is 0 Å². The molecule has 0 unspecified atom stereocenters. The Morgan fingerprint density at radius 2 is 0.778 bits per heavy atom. The Hall–Kier alpha value is -0.247. The average Bonchev–Trinajstić information content (AvgIpc) is 1.25. The molecule has 56 valence electrons. The van der Waals surface area contributed by atoms with Gasteiger partial charge >= 0.3 is 18.3 Å². The summed E-state index contributed by atoms with van der Waals surface area (Å²) in [6, 6.07) is 0. The zero-order valence-corrected chi connectivity index (χ0v) is 7.06. The van der Waals surface area contributed by atoms with Gasteiger partial charge in [-0.2, -0.15) is 0 Å². The zero-order valence-electron chi connectivity index (χ0n) is 3.96. The standard InChI is InChI=1S/Fe.2H2O3Si/c;2*1-4(2)3/h;2*1-2H. The summed E-state index contributed by atoms with van der Waals surface area (Å²) in [5, 5.41) is 0. The van der Waals surface area contributed by atoms with Gasteiger partial charge in [-0.3, -0.25) is 8.92 Å². The molecule has 0 aromatic carbocycles. The molecule has 0 rings (SSSR count). The van der Waals surface area contributed by atoms with E-state index in [1.54, 1.807) is 0 Å². The molecule has 9 heteroatoms. The monoisotopic (exact) mass is 212 g/mol. The van der Waals surface area contributed by atoms with Gasteiger partial charge in [-0.1, -0.05) is 0 Å². The number of rotatable bonds is 0. The molecule has 6 nitrogen and oxygen atoms in total. The van der Waals surface area contributed by atoms with E-state index in [-0.39, 0.29) is 17.1 Å². The van der Waals surface area contributed by atoms with Crippen LogP contribution in [0.5, 0.6) is 0 Å². The van der Waals surface area contributed by atoms with Gasteiger partial charge in [-0.25, -0.2) is 0 Å². The largest absolute Gasteiger partial charge is 0.761 e. The van der Waals surface area contributed by atoms with Crippen LogP contribution in [0.25, 0.3) is 0 Å². The molecule has 0 aliphatic heterocycles. The fraction of sp³-hybridized carbons (Fsp3) is 0. The van der Waals surface area contributed by atoms with Crippen molar-refractivity contribution >= 4 is 18.3 Å². The van der Waals surface area contributed by atoms with Crippen LogP contribution in [0.4, 0.5) is 0 Å². The van der Waals surface area contributed by atoms with E-state index >= 15 is 0 Å². The Bertz CT molecular complexity index is 69.1. The summed E-state index contributed by atoms with van der Waals surface area (Å²) in [6.07, 6.45) is 0. The Labute approximate surface area is 64.1 Å². The molecule has 0 spiro atoms. The molecule has 0 amide bonds. The Morgan fingerprint density at radius 1 is 0.778 bits per heavy atom. The van der Waals surface area contributed by atoms with Gasteiger partial charge in [-0.15, -0.1) is 0 Å². The van der Waals surface area contributed by atoms with Gasteiger partial charge in [0.15, 0.2) is 0 Å². The molecule has 0 aromatic rings. The Balaban J connectivity index is -0.0000000720. The van der Waals surface area contributed by atoms with Crippen LogP contribution in [0.2, 0.25) is 0 Å². The van der Waals surface area contributed by atoms with Crippen LogP contribution in [0.3, 0.4) is 0 Å². The minimum atomic E-state index is -3.13. The van der Waals surface area contributed by atoms with Crippen LogP contribution in [0.15, 0.2) is 0 Å². The van der Waals surface area contributed by atoms with Gasteiger partial charge in [0.25, 0.3) is 0 Å². The first-order chi connectivity index (χ1) is 3.46. The summed E-state index contributed by atoms with van der Waals surface area (Å²) in [5.41, 5.74) is 0. The fourth-order valence-electron chi connectivity index (χ4n) is 0. The minimum absolute atomic E-state index is 0.